The van der Waals surface area contributed by atoms with Gasteiger partial charge in [0.2, 0.25) is 0 Å². The van der Waals surface area contributed by atoms with Crippen LogP contribution in [0.15, 0.2) is 48.5 Å². The van der Waals surface area contributed by atoms with E-state index in [-0.39, 0.29) is 6.04 Å². The topological polar surface area (TPSA) is 40.7 Å². The molecule has 1 unspecified atom stereocenters. The van der Waals surface area contributed by atoms with Crippen LogP contribution < -0.4 is 5.32 Å². The summed E-state index contributed by atoms with van der Waals surface area (Å²) in [4.78, 5) is 8.00. The van der Waals surface area contributed by atoms with Crippen molar-refractivity contribution in [3.63, 3.8) is 0 Å². The number of nitrogens with zero attached hydrogens (tertiary/aromatic N) is 1. The van der Waals surface area contributed by atoms with Gasteiger partial charge in [-0.05, 0) is 37.1 Å². The van der Waals surface area contributed by atoms with Gasteiger partial charge in [0.15, 0.2) is 0 Å². The van der Waals surface area contributed by atoms with Gasteiger partial charge in [0.05, 0.1) is 17.1 Å². The van der Waals surface area contributed by atoms with Crippen molar-refractivity contribution in [2.45, 2.75) is 26.4 Å². The number of aromatic amines is 1. The van der Waals surface area contributed by atoms with Gasteiger partial charge in [0.1, 0.15) is 5.82 Å². The summed E-state index contributed by atoms with van der Waals surface area (Å²) in [6.45, 7) is 5.13. The molecule has 2 aromatic carbocycles. The number of fused-ring (bicyclic) bond motifs is 1. The quantitative estimate of drug-likeness (QED) is 0.754. The number of hydrogen-bond donors (Lipinski definition) is 2. The van der Waals surface area contributed by atoms with Crippen molar-refractivity contribution in [2.75, 3.05) is 0 Å². The second-order valence-electron chi connectivity index (χ2n) is 5.17. The van der Waals surface area contributed by atoms with E-state index in [1.165, 1.54) is 11.1 Å². The zero-order chi connectivity index (χ0) is 13.9. The summed E-state index contributed by atoms with van der Waals surface area (Å²) >= 11 is 0. The Balaban J connectivity index is 1.73. The van der Waals surface area contributed by atoms with E-state index in [2.05, 4.69) is 59.5 Å². The standard InChI is InChI=1S/C17H19N3/c1-12-7-3-4-8-14(12)11-18-13(2)17-19-15-9-5-6-10-16(15)20-17/h3-10,13,18H,11H2,1-2H3,(H,19,20). The molecule has 0 fully saturated rings. The number of nitrogens with one attached hydrogen (secondary N) is 2. The van der Waals surface area contributed by atoms with Gasteiger partial charge in [0.25, 0.3) is 0 Å². The summed E-state index contributed by atoms with van der Waals surface area (Å²) in [6, 6.07) is 16.8. The molecular weight excluding hydrogens is 246 g/mol. The molecule has 0 spiro atoms. The number of aryl methyl sites for hydroxylation is 1. The fraction of sp³-hybridized carbons (Fsp3) is 0.235. The SMILES string of the molecule is Cc1ccccc1CNC(C)c1nc2ccccc2[nH]1. The number of benzene rings is 2. The predicted molar refractivity (Wildman–Crippen MR) is 82.5 cm³/mol. The fourth-order valence-electron chi connectivity index (χ4n) is 2.35. The number of H-pyrrole nitrogens is 1. The Hall–Kier alpha value is -2.13. The first-order valence-corrected chi connectivity index (χ1v) is 6.96. The molecule has 0 saturated heterocycles. The van der Waals surface area contributed by atoms with E-state index in [1.54, 1.807) is 0 Å². The van der Waals surface area contributed by atoms with Crippen LogP contribution in [0.25, 0.3) is 11.0 Å². The first-order chi connectivity index (χ1) is 9.74. The molecule has 0 aliphatic heterocycles. The molecule has 102 valence electrons. The van der Waals surface area contributed by atoms with E-state index in [9.17, 15) is 0 Å². The maximum absolute atomic E-state index is 4.63. The lowest BCUT2D eigenvalue weighted by Gasteiger charge is -2.12. The highest BCUT2D eigenvalue weighted by Gasteiger charge is 2.10. The second-order valence-corrected chi connectivity index (χ2v) is 5.17. The van der Waals surface area contributed by atoms with Crippen molar-refractivity contribution in [2.24, 2.45) is 0 Å². The molecule has 20 heavy (non-hydrogen) atoms. The van der Waals surface area contributed by atoms with Crippen molar-refractivity contribution in [1.82, 2.24) is 15.3 Å². The average Bonchev–Trinajstić information content (AvgIpc) is 2.90. The van der Waals surface area contributed by atoms with Crippen molar-refractivity contribution in [1.29, 1.82) is 0 Å². The van der Waals surface area contributed by atoms with Gasteiger partial charge in [-0.2, -0.15) is 0 Å². The number of hydrogen-bond acceptors (Lipinski definition) is 2. The Morgan fingerprint density at radius 1 is 1.10 bits per heavy atom. The number of aromatic nitrogens is 2. The third kappa shape index (κ3) is 2.58. The van der Waals surface area contributed by atoms with Crippen LogP contribution in [0.4, 0.5) is 0 Å². The molecule has 3 nitrogen and oxygen atoms in total. The molecule has 3 heteroatoms. The average molecular weight is 265 g/mol. The van der Waals surface area contributed by atoms with E-state index in [0.717, 1.165) is 23.4 Å². The molecule has 0 aliphatic rings. The normalized spacial score (nSPS) is 12.7. The Kier molecular flexibility index (Phi) is 3.52. The first-order valence-electron chi connectivity index (χ1n) is 6.96. The van der Waals surface area contributed by atoms with Crippen LogP contribution in [0.2, 0.25) is 0 Å². The fourth-order valence-corrected chi connectivity index (χ4v) is 2.35. The van der Waals surface area contributed by atoms with E-state index in [4.69, 9.17) is 0 Å². The lowest BCUT2D eigenvalue weighted by molar-refractivity contribution is 0.551. The zero-order valence-electron chi connectivity index (χ0n) is 11.9. The minimum absolute atomic E-state index is 0.196. The van der Waals surface area contributed by atoms with Crippen molar-refractivity contribution >= 4 is 11.0 Å². The lowest BCUT2D eigenvalue weighted by atomic mass is 10.1. The molecule has 1 heterocycles. The lowest BCUT2D eigenvalue weighted by Crippen LogP contribution is -2.19. The van der Waals surface area contributed by atoms with Crippen LogP contribution in [0.3, 0.4) is 0 Å². The van der Waals surface area contributed by atoms with Crippen LogP contribution in [-0.2, 0) is 6.54 Å². The van der Waals surface area contributed by atoms with Crippen LogP contribution >= 0.6 is 0 Å². The molecule has 0 amide bonds. The zero-order valence-corrected chi connectivity index (χ0v) is 11.9. The number of imidazole rings is 1. The van der Waals surface area contributed by atoms with Gasteiger partial charge in [-0.3, -0.25) is 0 Å². The van der Waals surface area contributed by atoms with Crippen molar-refractivity contribution < 1.29 is 0 Å². The monoisotopic (exact) mass is 265 g/mol. The predicted octanol–water partition coefficient (Wildman–Crippen LogP) is 3.72. The molecule has 0 bridgehead atoms. The van der Waals surface area contributed by atoms with Gasteiger partial charge in [-0.15, -0.1) is 0 Å². The first kappa shape index (κ1) is 12.9. The number of para-hydroxylation sites is 2. The van der Waals surface area contributed by atoms with Gasteiger partial charge in [0, 0.05) is 6.54 Å². The Morgan fingerprint density at radius 2 is 1.85 bits per heavy atom. The molecule has 0 radical (unpaired) electrons. The minimum atomic E-state index is 0.196. The molecule has 0 saturated carbocycles. The van der Waals surface area contributed by atoms with Crippen molar-refractivity contribution in [3.05, 3.63) is 65.5 Å². The summed E-state index contributed by atoms with van der Waals surface area (Å²) < 4.78 is 0. The van der Waals surface area contributed by atoms with Gasteiger partial charge >= 0.3 is 0 Å². The maximum atomic E-state index is 4.63. The van der Waals surface area contributed by atoms with E-state index < -0.39 is 0 Å². The third-order valence-corrected chi connectivity index (χ3v) is 3.68. The largest absolute Gasteiger partial charge is 0.341 e. The Bertz CT molecular complexity index is 682. The molecule has 0 aliphatic carbocycles. The third-order valence-electron chi connectivity index (χ3n) is 3.68. The highest BCUT2D eigenvalue weighted by molar-refractivity contribution is 5.74. The summed E-state index contributed by atoms with van der Waals surface area (Å²) in [5, 5.41) is 3.52. The van der Waals surface area contributed by atoms with E-state index in [1.807, 2.05) is 18.2 Å². The van der Waals surface area contributed by atoms with Gasteiger partial charge < -0.3 is 10.3 Å². The molecular formula is C17H19N3. The van der Waals surface area contributed by atoms with Crippen LogP contribution in [-0.4, -0.2) is 9.97 Å². The van der Waals surface area contributed by atoms with Crippen LogP contribution in [0.5, 0.6) is 0 Å². The summed E-state index contributed by atoms with van der Waals surface area (Å²) in [5.74, 6) is 0.986. The molecule has 3 aromatic rings. The molecule has 2 N–H and O–H groups in total. The van der Waals surface area contributed by atoms with Crippen LogP contribution in [0, 0.1) is 6.92 Å². The highest BCUT2D eigenvalue weighted by Crippen LogP contribution is 2.16. The van der Waals surface area contributed by atoms with Gasteiger partial charge in [-0.25, -0.2) is 4.98 Å². The maximum Gasteiger partial charge on any atom is 0.124 e. The van der Waals surface area contributed by atoms with Crippen LogP contribution in [0.1, 0.15) is 29.9 Å². The Labute approximate surface area is 119 Å². The Morgan fingerprint density at radius 3 is 2.65 bits per heavy atom. The van der Waals surface area contributed by atoms with E-state index in [0.29, 0.717) is 0 Å². The highest BCUT2D eigenvalue weighted by atomic mass is 15.0. The van der Waals surface area contributed by atoms with E-state index >= 15 is 0 Å². The second kappa shape index (κ2) is 5.47. The smallest absolute Gasteiger partial charge is 0.124 e. The number of rotatable bonds is 4. The summed E-state index contributed by atoms with van der Waals surface area (Å²) in [5.41, 5.74) is 4.76. The molecule has 3 rings (SSSR count). The van der Waals surface area contributed by atoms with Crippen molar-refractivity contribution in [3.8, 4) is 0 Å². The minimum Gasteiger partial charge on any atom is -0.341 e. The van der Waals surface area contributed by atoms with Gasteiger partial charge in [-0.1, -0.05) is 36.4 Å². The molecule has 1 atom stereocenters. The molecule has 1 aromatic heterocycles. The summed E-state index contributed by atoms with van der Waals surface area (Å²) in [7, 11) is 0. The summed E-state index contributed by atoms with van der Waals surface area (Å²) in [6.07, 6.45) is 0.